The normalized spacial score (nSPS) is 16.2. The fourth-order valence-corrected chi connectivity index (χ4v) is 10.2. The predicted molar refractivity (Wildman–Crippen MR) is 221 cm³/mol. The molecule has 3 aliphatic rings. The molecule has 4 heteroatoms. The second-order valence-corrected chi connectivity index (χ2v) is 15.3. The summed E-state index contributed by atoms with van der Waals surface area (Å²) in [7, 11) is 0. The Labute approximate surface area is 318 Å². The van der Waals surface area contributed by atoms with Gasteiger partial charge in [0.2, 0.25) is 0 Å². The number of para-hydroxylation sites is 1. The van der Waals surface area contributed by atoms with Crippen LogP contribution in [0.5, 0.6) is 0 Å². The Bertz CT molecular complexity index is 2730. The van der Waals surface area contributed by atoms with Crippen molar-refractivity contribution >= 4 is 22.7 Å². The molecule has 0 saturated carbocycles. The monoisotopic (exact) mass is 707 g/mol. The molecule has 0 N–H and O–H groups in total. The fraction of sp³-hybridized carbons (Fsp3) is 0.0600. The molecule has 0 saturated heterocycles. The largest absolute Gasteiger partial charge is 0.256 e. The lowest BCUT2D eigenvalue weighted by Crippen LogP contribution is -2.34. The molecule has 54 heavy (non-hydrogen) atoms. The van der Waals surface area contributed by atoms with Crippen LogP contribution in [0.4, 0.5) is 0 Å². The van der Waals surface area contributed by atoms with E-state index >= 15 is 0 Å². The SMILES string of the molecule is C1=C2Sc3ccc(-c4cc(-c5ccccc5)nc(-c5ccccc5)n4)cc3C3(C2=CC(c2cccc4cccnc24)C1)c1ccccc1-c1ccccc13. The molecule has 8 aromatic rings. The first kappa shape index (κ1) is 31.2. The maximum Gasteiger partial charge on any atom is 0.160 e. The van der Waals surface area contributed by atoms with Gasteiger partial charge in [-0.2, -0.15) is 0 Å². The third-order valence-electron chi connectivity index (χ3n) is 11.3. The van der Waals surface area contributed by atoms with Gasteiger partial charge in [-0.15, -0.1) is 0 Å². The van der Waals surface area contributed by atoms with Crippen LogP contribution in [0.15, 0.2) is 198 Å². The molecule has 2 aliphatic carbocycles. The highest BCUT2D eigenvalue weighted by molar-refractivity contribution is 8.03. The van der Waals surface area contributed by atoms with Gasteiger partial charge < -0.3 is 0 Å². The maximum absolute atomic E-state index is 5.26. The number of hydrogen-bond acceptors (Lipinski definition) is 4. The second kappa shape index (κ2) is 12.4. The Morgan fingerprint density at radius 3 is 1.98 bits per heavy atom. The number of pyridine rings is 1. The molecule has 1 unspecified atom stereocenters. The zero-order chi connectivity index (χ0) is 35.6. The van der Waals surface area contributed by atoms with Crippen molar-refractivity contribution in [2.75, 3.05) is 0 Å². The van der Waals surface area contributed by atoms with Crippen LogP contribution in [0.25, 0.3) is 55.9 Å². The summed E-state index contributed by atoms with van der Waals surface area (Å²) in [6.07, 6.45) is 7.91. The Balaban J connectivity index is 1.17. The number of thioether (sulfide) groups is 1. The lowest BCUT2D eigenvalue weighted by molar-refractivity contribution is 0.708. The molecule has 3 nitrogen and oxygen atoms in total. The number of allylic oxidation sites excluding steroid dienone is 3. The smallest absolute Gasteiger partial charge is 0.160 e. The van der Waals surface area contributed by atoms with Crippen molar-refractivity contribution < 1.29 is 0 Å². The predicted octanol–water partition coefficient (Wildman–Crippen LogP) is 12.4. The highest BCUT2D eigenvalue weighted by Gasteiger charge is 2.52. The van der Waals surface area contributed by atoms with E-state index in [0.717, 1.165) is 45.8 Å². The molecule has 0 fully saturated rings. The van der Waals surface area contributed by atoms with Crippen LogP contribution in [0.2, 0.25) is 0 Å². The standard InChI is InChI=1S/C50H33N3S/c1-3-13-32(14-4-1)44-31-45(53-49(52-44)34-15-5-2-6-16-34)36-25-27-47-43(30-36)50(40-22-9-7-19-38(40)39-20-8-10-23-41(39)50)42-29-35(24-26-46(42)54-47)37-21-11-17-33-18-12-28-51-48(33)37/h1-23,25-31,35H,24H2. The van der Waals surface area contributed by atoms with E-state index in [9.17, 15) is 0 Å². The zero-order valence-corrected chi connectivity index (χ0v) is 30.2. The van der Waals surface area contributed by atoms with Gasteiger partial charge in [-0.05, 0) is 69.6 Å². The molecule has 0 amide bonds. The van der Waals surface area contributed by atoms with E-state index in [1.165, 1.54) is 54.1 Å². The number of benzene rings is 6. The summed E-state index contributed by atoms with van der Waals surface area (Å²) in [5.41, 5.74) is 14.7. The molecular formula is C50H33N3S. The quantitative estimate of drug-likeness (QED) is 0.183. The third kappa shape index (κ3) is 4.73. The Morgan fingerprint density at radius 2 is 1.22 bits per heavy atom. The lowest BCUT2D eigenvalue weighted by Gasteiger charge is -2.43. The van der Waals surface area contributed by atoms with Crippen LogP contribution < -0.4 is 0 Å². The van der Waals surface area contributed by atoms with Gasteiger partial charge in [0.25, 0.3) is 0 Å². The number of rotatable bonds is 4. The van der Waals surface area contributed by atoms with Crippen molar-refractivity contribution in [3.05, 3.63) is 215 Å². The molecule has 1 spiro atoms. The van der Waals surface area contributed by atoms with E-state index in [0.29, 0.717) is 0 Å². The van der Waals surface area contributed by atoms with E-state index in [2.05, 4.69) is 146 Å². The number of aromatic nitrogens is 3. The molecule has 1 atom stereocenters. The van der Waals surface area contributed by atoms with Gasteiger partial charge in [0.15, 0.2) is 5.82 Å². The maximum atomic E-state index is 5.26. The van der Waals surface area contributed by atoms with Crippen LogP contribution in [0.3, 0.4) is 0 Å². The van der Waals surface area contributed by atoms with Crippen molar-refractivity contribution in [3.63, 3.8) is 0 Å². The van der Waals surface area contributed by atoms with Gasteiger partial charge in [0.05, 0.1) is 22.3 Å². The summed E-state index contributed by atoms with van der Waals surface area (Å²) >= 11 is 1.90. The molecule has 3 heterocycles. The van der Waals surface area contributed by atoms with Crippen LogP contribution in [0, 0.1) is 0 Å². The summed E-state index contributed by atoms with van der Waals surface area (Å²) in [6.45, 7) is 0. The highest BCUT2D eigenvalue weighted by Crippen LogP contribution is 2.65. The summed E-state index contributed by atoms with van der Waals surface area (Å²) < 4.78 is 0. The molecule has 0 bridgehead atoms. The highest BCUT2D eigenvalue weighted by atomic mass is 32.2. The molecule has 11 rings (SSSR count). The number of nitrogens with zero attached hydrogens (tertiary/aromatic N) is 3. The van der Waals surface area contributed by atoms with E-state index in [1.807, 2.05) is 48.3 Å². The van der Waals surface area contributed by atoms with Crippen molar-refractivity contribution in [1.82, 2.24) is 15.0 Å². The van der Waals surface area contributed by atoms with Crippen molar-refractivity contribution in [2.24, 2.45) is 0 Å². The van der Waals surface area contributed by atoms with Gasteiger partial charge in [-0.1, -0.05) is 163 Å². The Morgan fingerprint density at radius 1 is 0.556 bits per heavy atom. The lowest BCUT2D eigenvalue weighted by atomic mass is 9.64. The molecule has 254 valence electrons. The summed E-state index contributed by atoms with van der Waals surface area (Å²) in [5, 5.41) is 1.18. The number of fused-ring (bicyclic) bond motifs is 10. The number of hydrogen-bond donors (Lipinski definition) is 0. The topological polar surface area (TPSA) is 38.7 Å². The fourth-order valence-electron chi connectivity index (χ4n) is 8.96. The summed E-state index contributed by atoms with van der Waals surface area (Å²) in [6, 6.07) is 58.8. The van der Waals surface area contributed by atoms with Crippen LogP contribution in [0.1, 0.15) is 34.6 Å². The zero-order valence-electron chi connectivity index (χ0n) is 29.4. The first-order chi connectivity index (χ1) is 26.8. The van der Waals surface area contributed by atoms with Gasteiger partial charge in [-0.25, -0.2) is 9.97 Å². The molecule has 2 aromatic heterocycles. The molecule has 0 radical (unpaired) electrons. The minimum Gasteiger partial charge on any atom is -0.256 e. The van der Waals surface area contributed by atoms with Gasteiger partial charge in [0.1, 0.15) is 0 Å². The molecule has 1 aliphatic heterocycles. The van der Waals surface area contributed by atoms with Gasteiger partial charge >= 0.3 is 0 Å². The average molecular weight is 708 g/mol. The van der Waals surface area contributed by atoms with Crippen molar-refractivity contribution in [1.29, 1.82) is 0 Å². The minimum absolute atomic E-state index is 0.188. The van der Waals surface area contributed by atoms with E-state index in [4.69, 9.17) is 15.0 Å². The first-order valence-corrected chi connectivity index (χ1v) is 19.4. The third-order valence-corrected chi connectivity index (χ3v) is 12.5. The second-order valence-electron chi connectivity index (χ2n) is 14.3. The Kier molecular flexibility index (Phi) is 7.14. The summed E-state index contributed by atoms with van der Waals surface area (Å²) in [4.78, 5) is 17.9. The summed E-state index contributed by atoms with van der Waals surface area (Å²) in [5.74, 6) is 0.908. The van der Waals surface area contributed by atoms with Crippen LogP contribution in [-0.2, 0) is 5.41 Å². The molecular weight excluding hydrogens is 675 g/mol. The Hall–Kier alpha value is -6.36. The van der Waals surface area contributed by atoms with Gasteiger partial charge in [0, 0.05) is 44.0 Å². The van der Waals surface area contributed by atoms with Crippen molar-refractivity contribution in [3.8, 4) is 45.0 Å². The van der Waals surface area contributed by atoms with E-state index in [-0.39, 0.29) is 5.92 Å². The molecule has 6 aromatic carbocycles. The van der Waals surface area contributed by atoms with Crippen molar-refractivity contribution in [2.45, 2.75) is 22.6 Å². The van der Waals surface area contributed by atoms with E-state index < -0.39 is 5.41 Å². The van der Waals surface area contributed by atoms with Crippen LogP contribution in [-0.4, -0.2) is 15.0 Å². The van der Waals surface area contributed by atoms with E-state index in [1.54, 1.807) is 0 Å². The average Bonchev–Trinajstić information content (AvgIpc) is 3.54. The van der Waals surface area contributed by atoms with Gasteiger partial charge in [-0.3, -0.25) is 4.98 Å². The van der Waals surface area contributed by atoms with Crippen LogP contribution >= 0.6 is 11.8 Å². The minimum atomic E-state index is -0.510. The first-order valence-electron chi connectivity index (χ1n) is 18.5.